The lowest BCUT2D eigenvalue weighted by Gasteiger charge is -2.24. The number of methoxy groups -OCH3 is 2. The Morgan fingerprint density at radius 1 is 0.816 bits per heavy atom. The fourth-order valence-electron chi connectivity index (χ4n) is 3.59. The van der Waals surface area contributed by atoms with Crippen molar-refractivity contribution in [3.05, 3.63) is 103 Å². The smallest absolute Gasteiger partial charge is 0.264 e. The summed E-state index contributed by atoms with van der Waals surface area (Å²) in [5.74, 6) is 0.638. The molecule has 8 nitrogen and oxygen atoms in total. The minimum Gasteiger partial charge on any atom is -0.493 e. The Kier molecular flexibility index (Phi) is 8.12. The first kappa shape index (κ1) is 26.5. The monoisotopic (exact) mass is 536 g/mol. The molecule has 0 spiro atoms. The standard InChI is InChI=1S/C28H25FN2O6S/c1-35-26-17-16-25(18-27(26)36-2)38(33,34)31(22-12-8-20(29)9-13-22)19-28(32)30-21-10-14-24(15-11-21)37-23-6-4-3-5-7-23/h3-18H,19H2,1-2H3,(H,30,32). The highest BCUT2D eigenvalue weighted by Gasteiger charge is 2.28. The SMILES string of the molecule is COc1ccc(S(=O)(=O)N(CC(=O)Nc2ccc(Oc3ccccc3)cc2)c2ccc(F)cc2)cc1OC. The van der Waals surface area contributed by atoms with Crippen LogP contribution in [0.15, 0.2) is 102 Å². The number of para-hydroxylation sites is 1. The molecule has 4 aromatic rings. The molecule has 0 saturated heterocycles. The quantitative estimate of drug-likeness (QED) is 0.289. The first-order chi connectivity index (χ1) is 18.3. The Morgan fingerprint density at radius 2 is 1.45 bits per heavy atom. The van der Waals surface area contributed by atoms with E-state index in [0.717, 1.165) is 16.4 Å². The zero-order valence-corrected chi connectivity index (χ0v) is 21.4. The fourth-order valence-corrected chi connectivity index (χ4v) is 5.03. The molecule has 0 aliphatic carbocycles. The average molecular weight is 537 g/mol. The van der Waals surface area contributed by atoms with Crippen molar-refractivity contribution in [3.63, 3.8) is 0 Å². The maximum absolute atomic E-state index is 13.6. The van der Waals surface area contributed by atoms with Crippen molar-refractivity contribution in [3.8, 4) is 23.0 Å². The fraction of sp³-hybridized carbons (Fsp3) is 0.107. The lowest BCUT2D eigenvalue weighted by Crippen LogP contribution is -2.38. The molecule has 0 unspecified atom stereocenters. The van der Waals surface area contributed by atoms with Gasteiger partial charge in [-0.15, -0.1) is 0 Å². The topological polar surface area (TPSA) is 94.2 Å². The van der Waals surface area contributed by atoms with Crippen LogP contribution in [-0.2, 0) is 14.8 Å². The number of carbonyl (C=O) groups is 1. The van der Waals surface area contributed by atoms with E-state index in [4.69, 9.17) is 14.2 Å². The second-order valence-electron chi connectivity index (χ2n) is 7.99. The normalized spacial score (nSPS) is 10.9. The van der Waals surface area contributed by atoms with E-state index in [0.29, 0.717) is 22.9 Å². The highest BCUT2D eigenvalue weighted by Crippen LogP contribution is 2.32. The van der Waals surface area contributed by atoms with Gasteiger partial charge in [-0.25, -0.2) is 12.8 Å². The van der Waals surface area contributed by atoms with Gasteiger partial charge in [-0.3, -0.25) is 9.10 Å². The van der Waals surface area contributed by atoms with Gasteiger partial charge in [-0.2, -0.15) is 0 Å². The van der Waals surface area contributed by atoms with Crippen molar-refractivity contribution in [2.75, 3.05) is 30.4 Å². The summed E-state index contributed by atoms with van der Waals surface area (Å²) < 4.78 is 57.9. The van der Waals surface area contributed by atoms with Crippen molar-refractivity contribution >= 4 is 27.3 Å². The molecule has 38 heavy (non-hydrogen) atoms. The van der Waals surface area contributed by atoms with Crippen LogP contribution in [0, 0.1) is 5.82 Å². The largest absolute Gasteiger partial charge is 0.493 e. The van der Waals surface area contributed by atoms with E-state index in [2.05, 4.69) is 5.32 Å². The predicted molar refractivity (Wildman–Crippen MR) is 142 cm³/mol. The molecular weight excluding hydrogens is 511 g/mol. The van der Waals surface area contributed by atoms with Crippen LogP contribution in [0.3, 0.4) is 0 Å². The number of sulfonamides is 1. The molecule has 10 heteroatoms. The van der Waals surface area contributed by atoms with E-state index >= 15 is 0 Å². The molecule has 0 aliphatic heterocycles. The molecule has 0 aliphatic rings. The summed E-state index contributed by atoms with van der Waals surface area (Å²) in [5.41, 5.74) is 0.556. The van der Waals surface area contributed by atoms with Crippen molar-refractivity contribution in [1.29, 1.82) is 0 Å². The van der Waals surface area contributed by atoms with Crippen LogP contribution in [-0.4, -0.2) is 35.1 Å². The lowest BCUT2D eigenvalue weighted by atomic mass is 10.3. The van der Waals surface area contributed by atoms with Gasteiger partial charge in [0.25, 0.3) is 10.0 Å². The summed E-state index contributed by atoms with van der Waals surface area (Å²) in [5, 5.41) is 2.69. The van der Waals surface area contributed by atoms with Crippen molar-refractivity contribution < 1.29 is 31.8 Å². The van der Waals surface area contributed by atoms with Crippen molar-refractivity contribution in [2.45, 2.75) is 4.90 Å². The van der Waals surface area contributed by atoms with Crippen LogP contribution < -0.4 is 23.8 Å². The molecule has 0 bridgehead atoms. The molecule has 0 aromatic heterocycles. The van der Waals surface area contributed by atoms with Gasteiger partial charge in [0.15, 0.2) is 11.5 Å². The second-order valence-corrected chi connectivity index (χ2v) is 9.85. The number of hydrogen-bond donors (Lipinski definition) is 1. The molecule has 0 radical (unpaired) electrons. The summed E-state index contributed by atoms with van der Waals surface area (Å²) in [6, 6.07) is 24.8. The number of halogens is 1. The number of benzene rings is 4. The molecule has 1 N–H and O–H groups in total. The zero-order chi connectivity index (χ0) is 27.1. The highest BCUT2D eigenvalue weighted by molar-refractivity contribution is 7.92. The summed E-state index contributed by atoms with van der Waals surface area (Å²) in [4.78, 5) is 12.8. The van der Waals surface area contributed by atoms with Crippen LogP contribution >= 0.6 is 0 Å². The Morgan fingerprint density at radius 3 is 2.08 bits per heavy atom. The van der Waals surface area contributed by atoms with Crippen LogP contribution in [0.5, 0.6) is 23.0 Å². The molecule has 4 rings (SSSR count). The Hall–Kier alpha value is -4.57. The molecule has 1 amide bonds. The van der Waals surface area contributed by atoms with Gasteiger partial charge in [0.2, 0.25) is 5.91 Å². The second kappa shape index (κ2) is 11.7. The molecule has 0 atom stereocenters. The Bertz CT molecular complexity index is 1500. The third-order valence-electron chi connectivity index (χ3n) is 5.46. The molecular formula is C28H25FN2O6S. The Labute approximate surface area is 220 Å². The maximum atomic E-state index is 13.6. The van der Waals surface area contributed by atoms with Crippen LogP contribution in [0.1, 0.15) is 0 Å². The van der Waals surface area contributed by atoms with Crippen LogP contribution in [0.25, 0.3) is 0 Å². The first-order valence-corrected chi connectivity index (χ1v) is 12.9. The maximum Gasteiger partial charge on any atom is 0.264 e. The van der Waals surface area contributed by atoms with E-state index in [1.807, 2.05) is 30.3 Å². The third kappa shape index (κ3) is 6.22. The summed E-state index contributed by atoms with van der Waals surface area (Å²) in [6.07, 6.45) is 0. The number of nitrogens with zero attached hydrogens (tertiary/aromatic N) is 1. The number of nitrogens with one attached hydrogen (secondary N) is 1. The zero-order valence-electron chi connectivity index (χ0n) is 20.6. The van der Waals surface area contributed by atoms with Gasteiger partial charge in [0, 0.05) is 11.8 Å². The number of carbonyl (C=O) groups excluding carboxylic acids is 1. The minimum atomic E-state index is -4.26. The number of rotatable bonds is 10. The third-order valence-corrected chi connectivity index (χ3v) is 7.23. The molecule has 0 fully saturated rings. The lowest BCUT2D eigenvalue weighted by molar-refractivity contribution is -0.114. The van der Waals surface area contributed by atoms with Crippen molar-refractivity contribution in [2.24, 2.45) is 0 Å². The van der Waals surface area contributed by atoms with Crippen LogP contribution in [0.2, 0.25) is 0 Å². The molecule has 196 valence electrons. The number of ether oxygens (including phenoxy) is 3. The summed E-state index contributed by atoms with van der Waals surface area (Å²) in [7, 11) is -1.44. The van der Waals surface area contributed by atoms with Crippen molar-refractivity contribution in [1.82, 2.24) is 0 Å². The minimum absolute atomic E-state index is 0.114. The number of anilines is 2. The summed E-state index contributed by atoms with van der Waals surface area (Å²) in [6.45, 7) is -0.565. The van der Waals surface area contributed by atoms with E-state index in [1.165, 1.54) is 44.6 Å². The van der Waals surface area contributed by atoms with Gasteiger partial charge in [0.1, 0.15) is 23.9 Å². The van der Waals surface area contributed by atoms with Crippen LogP contribution in [0.4, 0.5) is 15.8 Å². The number of hydrogen-bond acceptors (Lipinski definition) is 6. The predicted octanol–water partition coefficient (Wildman–Crippen LogP) is 5.47. The van der Waals surface area contributed by atoms with E-state index in [1.54, 1.807) is 24.3 Å². The molecule has 0 saturated carbocycles. The molecule has 0 heterocycles. The van der Waals surface area contributed by atoms with Gasteiger partial charge in [-0.05, 0) is 72.8 Å². The van der Waals surface area contributed by atoms with E-state index in [9.17, 15) is 17.6 Å². The van der Waals surface area contributed by atoms with Gasteiger partial charge < -0.3 is 19.5 Å². The summed E-state index contributed by atoms with van der Waals surface area (Å²) >= 11 is 0. The van der Waals surface area contributed by atoms with E-state index in [-0.39, 0.29) is 16.3 Å². The van der Waals surface area contributed by atoms with E-state index < -0.39 is 28.3 Å². The first-order valence-electron chi connectivity index (χ1n) is 11.4. The molecule has 4 aromatic carbocycles. The number of amides is 1. The average Bonchev–Trinajstić information content (AvgIpc) is 2.93. The highest BCUT2D eigenvalue weighted by atomic mass is 32.2. The van der Waals surface area contributed by atoms with Gasteiger partial charge >= 0.3 is 0 Å². The Balaban J connectivity index is 1.56. The van der Waals surface area contributed by atoms with Gasteiger partial charge in [-0.1, -0.05) is 18.2 Å². The van der Waals surface area contributed by atoms with Gasteiger partial charge in [0.05, 0.1) is 24.8 Å².